The maximum absolute atomic E-state index is 14.4. The summed E-state index contributed by atoms with van der Waals surface area (Å²) in [6, 6.07) is 9.16. The Bertz CT molecular complexity index is 2090. The lowest BCUT2D eigenvalue weighted by atomic mass is 9.78. The molecular weight excluding hydrogens is 919 g/mol. The molecule has 0 amide bonds. The predicted molar refractivity (Wildman–Crippen MR) is 247 cm³/mol. The number of rotatable bonds is 13. The summed E-state index contributed by atoms with van der Waals surface area (Å²) in [4.78, 5) is 0. The Hall–Kier alpha value is -4.30. The maximum Gasteiger partial charge on any atom is 0.494 e. The predicted octanol–water partition coefficient (Wildman–Crippen LogP) is 12.9. The van der Waals surface area contributed by atoms with Gasteiger partial charge in [0.2, 0.25) is 0 Å². The van der Waals surface area contributed by atoms with Crippen LogP contribution in [0.15, 0.2) is 48.5 Å². The van der Waals surface area contributed by atoms with Crippen molar-refractivity contribution in [3.63, 3.8) is 0 Å². The normalized spacial score (nSPS) is 21.0. The average Bonchev–Trinajstić information content (AvgIpc) is 3.31. The lowest BCUT2D eigenvalue weighted by Gasteiger charge is -2.29. The number of hydrogen-bond acceptors (Lipinski definition) is 9. The van der Waals surface area contributed by atoms with Crippen molar-refractivity contribution in [2.75, 3.05) is 19.8 Å². The van der Waals surface area contributed by atoms with E-state index in [4.69, 9.17) is 44.6 Å². The molecule has 3 aliphatic heterocycles. The third-order valence-corrected chi connectivity index (χ3v) is 12.5. The minimum absolute atomic E-state index is 0. The zero-order valence-electron chi connectivity index (χ0n) is 38.9. The first-order chi connectivity index (χ1) is 32.5. The van der Waals surface area contributed by atoms with Crippen LogP contribution in [0.3, 0.4) is 0 Å². The van der Waals surface area contributed by atoms with Gasteiger partial charge in [-0.05, 0) is 153 Å². The number of phenolic OH excluding ortho intramolecular Hbond substituents is 1. The van der Waals surface area contributed by atoms with Crippen molar-refractivity contribution in [1.29, 1.82) is 0 Å². The molecule has 0 aromatic heterocycles. The van der Waals surface area contributed by atoms with Gasteiger partial charge in [0.15, 0.2) is 34.8 Å². The summed E-state index contributed by atoms with van der Waals surface area (Å²) in [5, 5.41) is 38.9. The molecule has 384 valence electrons. The van der Waals surface area contributed by atoms with E-state index >= 15 is 0 Å². The van der Waals surface area contributed by atoms with Gasteiger partial charge in [0.1, 0.15) is 29.9 Å². The zero-order valence-corrected chi connectivity index (χ0v) is 38.9. The first-order valence-electron chi connectivity index (χ1n) is 23.2. The first-order valence-corrected chi connectivity index (χ1v) is 23.2. The monoisotopic (exact) mass is 986 g/mol. The highest BCUT2D eigenvalue weighted by Gasteiger charge is 2.29. The van der Waals surface area contributed by atoms with Crippen molar-refractivity contribution in [2.45, 2.75) is 137 Å². The summed E-state index contributed by atoms with van der Waals surface area (Å²) >= 11 is 0. The van der Waals surface area contributed by atoms with Crippen LogP contribution in [0.25, 0.3) is 0 Å². The topological polar surface area (TPSA) is 138 Å². The minimum Gasteiger partial charge on any atom is -0.503 e. The third kappa shape index (κ3) is 16.9. The molecule has 9 nitrogen and oxygen atoms in total. The molecular formula is C51H67BF8O9. The molecule has 3 fully saturated rings. The van der Waals surface area contributed by atoms with Crippen LogP contribution in [0.1, 0.15) is 151 Å². The van der Waals surface area contributed by atoms with Crippen molar-refractivity contribution in [2.24, 2.45) is 17.8 Å². The van der Waals surface area contributed by atoms with Crippen LogP contribution in [0.4, 0.5) is 35.1 Å². The van der Waals surface area contributed by atoms with Gasteiger partial charge >= 0.3 is 7.12 Å². The molecule has 0 bridgehead atoms. The van der Waals surface area contributed by atoms with E-state index in [0.29, 0.717) is 60.7 Å². The molecule has 5 N–H and O–H groups in total. The van der Waals surface area contributed by atoms with Crippen molar-refractivity contribution in [3.05, 3.63) is 123 Å². The molecule has 0 radical (unpaired) electrons. The highest BCUT2D eigenvalue weighted by Crippen LogP contribution is 2.37. The minimum atomic E-state index is -2.15. The van der Waals surface area contributed by atoms with Gasteiger partial charge in [-0.15, -0.1) is 0 Å². The van der Waals surface area contributed by atoms with E-state index < -0.39 is 70.6 Å². The number of phenols is 1. The van der Waals surface area contributed by atoms with Crippen LogP contribution in [-0.2, 0) is 20.8 Å². The van der Waals surface area contributed by atoms with Gasteiger partial charge < -0.3 is 34.1 Å². The van der Waals surface area contributed by atoms with Crippen LogP contribution in [0.2, 0.25) is 0 Å². The van der Waals surface area contributed by atoms with E-state index in [0.717, 1.165) is 107 Å². The first kappa shape index (κ1) is 59.0. The number of halogens is 8. The van der Waals surface area contributed by atoms with Crippen LogP contribution >= 0.6 is 0 Å². The molecule has 4 aromatic carbocycles. The fourth-order valence-corrected chi connectivity index (χ4v) is 8.76. The number of ether oxygens (including phenoxy) is 4. The zero-order chi connectivity index (χ0) is 50.1. The van der Waals surface area contributed by atoms with Crippen molar-refractivity contribution < 1.29 is 79.7 Å². The SMILES string of the molecule is C.CCCC1CC[C@@H](c2cc(F)c(B(O)O)c(F)c2)OC1.CCCC1CC[C@@H](c2cc(F)c(O)c(F)c2)OC1.CCCC1CC[C@@H](c2cc(F)c(OCc3cc(F)c(C)c(F)c3)c(F)c2)OC1.OO. The van der Waals surface area contributed by atoms with Gasteiger partial charge in [-0.3, -0.25) is 10.5 Å². The smallest absolute Gasteiger partial charge is 0.494 e. The molecule has 3 aliphatic rings. The van der Waals surface area contributed by atoms with Crippen LogP contribution < -0.4 is 10.2 Å². The molecule has 0 saturated carbocycles. The van der Waals surface area contributed by atoms with E-state index in [1.54, 1.807) is 0 Å². The second-order valence-corrected chi connectivity index (χ2v) is 17.6. The summed E-state index contributed by atoms with van der Waals surface area (Å²) in [5.41, 5.74) is 0.649. The fraction of sp³-hybridized carbons (Fsp3) is 0.529. The van der Waals surface area contributed by atoms with Crippen LogP contribution in [0.5, 0.6) is 11.5 Å². The molecule has 4 aromatic rings. The number of benzene rings is 4. The highest BCUT2D eigenvalue weighted by molar-refractivity contribution is 6.58. The average molecular weight is 987 g/mol. The summed E-state index contributed by atoms with van der Waals surface area (Å²) < 4.78 is 132. The Morgan fingerprint density at radius 2 is 0.855 bits per heavy atom. The standard InChI is InChI=1S/C22H24F4O2.C14H19BF2O3.C14H18F2O2.CH4.H2O2/c1-3-4-14-5-6-21(27-11-14)16-9-19(25)22(20(26)10-16)28-12-15-7-17(23)13(2)18(24)8-15;1-2-3-9-4-5-13(20-8-9)10-6-11(16)14(15(18)19)12(17)7-10;1-2-3-9-4-5-13(18-8-9)10-6-11(15)14(17)12(16)7-10;;1-2/h7-10,14,21H,3-6,11-12H2,1-2H3;6-7,9,13,18-19H,2-5,8H2,1H3;6-7,9,13,17H,2-5,8H2,1H3;1H4;1-2H/t14?,21-;2*9?,13-;;/m000../s1. The Balaban J connectivity index is 0.000000275. The second-order valence-electron chi connectivity index (χ2n) is 17.6. The van der Waals surface area contributed by atoms with Gasteiger partial charge in [0.25, 0.3) is 0 Å². The van der Waals surface area contributed by atoms with Gasteiger partial charge in [0, 0.05) is 5.56 Å². The van der Waals surface area contributed by atoms with Gasteiger partial charge in [-0.25, -0.2) is 35.1 Å². The van der Waals surface area contributed by atoms with Crippen LogP contribution in [-0.4, -0.2) is 52.6 Å². The highest BCUT2D eigenvalue weighted by atomic mass is 19.2. The van der Waals surface area contributed by atoms with Crippen molar-refractivity contribution >= 4 is 12.6 Å². The molecule has 3 unspecified atom stereocenters. The Morgan fingerprint density at radius 1 is 0.522 bits per heavy atom. The molecule has 0 aliphatic carbocycles. The quantitative estimate of drug-likeness (QED) is 0.0384. The Morgan fingerprint density at radius 3 is 1.16 bits per heavy atom. The van der Waals surface area contributed by atoms with Gasteiger partial charge in [0.05, 0.1) is 43.6 Å². The third-order valence-electron chi connectivity index (χ3n) is 12.5. The molecule has 0 spiro atoms. The van der Waals surface area contributed by atoms with Crippen LogP contribution in [0, 0.1) is 71.2 Å². The molecule has 3 heterocycles. The van der Waals surface area contributed by atoms with Gasteiger partial charge in [-0.2, -0.15) is 0 Å². The fourth-order valence-electron chi connectivity index (χ4n) is 8.76. The lowest BCUT2D eigenvalue weighted by molar-refractivity contribution is -0.176. The molecule has 7 rings (SSSR count). The summed E-state index contributed by atoms with van der Waals surface area (Å²) in [6.45, 7) is 9.17. The summed E-state index contributed by atoms with van der Waals surface area (Å²) in [7, 11) is -2.15. The summed E-state index contributed by atoms with van der Waals surface area (Å²) in [6.07, 6.45) is 10.9. The van der Waals surface area contributed by atoms with Crippen molar-refractivity contribution in [3.8, 4) is 11.5 Å². The maximum atomic E-state index is 14.4. The van der Waals surface area contributed by atoms with E-state index in [2.05, 4.69) is 20.8 Å². The molecule has 18 heteroatoms. The van der Waals surface area contributed by atoms with Gasteiger partial charge in [-0.1, -0.05) is 47.5 Å². The van der Waals surface area contributed by atoms with Crippen molar-refractivity contribution in [1.82, 2.24) is 0 Å². The molecule has 6 atom stereocenters. The molecule has 3 saturated heterocycles. The largest absolute Gasteiger partial charge is 0.503 e. The van der Waals surface area contributed by atoms with E-state index in [9.17, 15) is 35.1 Å². The Kier molecular flexibility index (Phi) is 24.9. The molecule has 69 heavy (non-hydrogen) atoms. The second kappa shape index (κ2) is 29.1. The van der Waals surface area contributed by atoms with E-state index in [1.807, 2.05) is 0 Å². The van der Waals surface area contributed by atoms with E-state index in [-0.39, 0.29) is 43.5 Å². The van der Waals surface area contributed by atoms with E-state index in [1.165, 1.54) is 19.1 Å². The summed E-state index contributed by atoms with van der Waals surface area (Å²) in [5.74, 6) is -6.85. The number of aromatic hydroxyl groups is 1. The Labute approximate surface area is 400 Å². The number of hydrogen-bond donors (Lipinski definition) is 5. The lowest BCUT2D eigenvalue weighted by Crippen LogP contribution is -2.36.